The molecule has 2 N–H and O–H groups in total. The number of nitrogens with one attached hydrogen (secondary N) is 2. The van der Waals surface area contributed by atoms with Gasteiger partial charge in [-0.2, -0.15) is 4.98 Å². The zero-order chi connectivity index (χ0) is 20.1. The Balaban J connectivity index is 1.72. The molecule has 3 aromatic rings. The quantitative estimate of drug-likeness (QED) is 0.617. The molecule has 0 bridgehead atoms. The van der Waals surface area contributed by atoms with Gasteiger partial charge in [0.1, 0.15) is 5.82 Å². The maximum atomic E-state index is 5.36. The minimum absolute atomic E-state index is 0.562. The van der Waals surface area contributed by atoms with Crippen LogP contribution >= 0.6 is 0 Å². The number of rotatable bonds is 7. The van der Waals surface area contributed by atoms with Crippen LogP contribution in [0.15, 0.2) is 42.6 Å². The normalized spacial score (nSPS) is 10.5. The number of aryl methyl sites for hydroxylation is 3. The third-order valence-electron chi connectivity index (χ3n) is 4.49. The fourth-order valence-corrected chi connectivity index (χ4v) is 3.19. The van der Waals surface area contributed by atoms with E-state index in [9.17, 15) is 0 Å². The van der Waals surface area contributed by atoms with Crippen molar-refractivity contribution in [2.45, 2.75) is 27.3 Å². The molecule has 0 saturated heterocycles. The van der Waals surface area contributed by atoms with E-state index in [0.717, 1.165) is 17.1 Å². The van der Waals surface area contributed by atoms with Crippen LogP contribution in [-0.4, -0.2) is 24.2 Å². The molecule has 146 valence electrons. The summed E-state index contributed by atoms with van der Waals surface area (Å²) in [6.07, 6.45) is 1.74. The first kappa shape index (κ1) is 19.5. The van der Waals surface area contributed by atoms with E-state index < -0.39 is 0 Å². The lowest BCUT2D eigenvalue weighted by molar-refractivity contribution is 0.354. The monoisotopic (exact) mass is 378 g/mol. The number of anilines is 3. The molecule has 6 heteroatoms. The molecule has 0 aliphatic carbocycles. The van der Waals surface area contributed by atoms with Crippen LogP contribution in [0.25, 0.3) is 0 Å². The second-order valence-corrected chi connectivity index (χ2v) is 6.71. The molecule has 0 aliphatic heterocycles. The highest BCUT2D eigenvalue weighted by molar-refractivity contribution is 5.64. The van der Waals surface area contributed by atoms with Gasteiger partial charge in [0, 0.05) is 18.4 Å². The number of hydrogen-bond acceptors (Lipinski definition) is 6. The fourth-order valence-electron chi connectivity index (χ4n) is 3.19. The summed E-state index contributed by atoms with van der Waals surface area (Å²) in [7, 11) is 3.26. The van der Waals surface area contributed by atoms with Crippen molar-refractivity contribution in [3.05, 3.63) is 64.8 Å². The molecular formula is C22H26N4O2. The molecule has 28 heavy (non-hydrogen) atoms. The summed E-state index contributed by atoms with van der Waals surface area (Å²) in [5, 5.41) is 6.67. The van der Waals surface area contributed by atoms with Crippen molar-refractivity contribution in [3.8, 4) is 11.5 Å². The zero-order valence-corrected chi connectivity index (χ0v) is 17.0. The topological polar surface area (TPSA) is 68.3 Å². The van der Waals surface area contributed by atoms with Crippen LogP contribution in [0.2, 0.25) is 0 Å². The van der Waals surface area contributed by atoms with E-state index in [2.05, 4.69) is 53.5 Å². The number of aromatic nitrogens is 2. The summed E-state index contributed by atoms with van der Waals surface area (Å²) >= 11 is 0. The molecule has 0 radical (unpaired) electrons. The fraction of sp³-hybridized carbons (Fsp3) is 0.273. The molecule has 0 aliphatic rings. The van der Waals surface area contributed by atoms with Crippen molar-refractivity contribution in [2.75, 3.05) is 24.9 Å². The number of benzene rings is 2. The van der Waals surface area contributed by atoms with Crippen molar-refractivity contribution < 1.29 is 9.47 Å². The van der Waals surface area contributed by atoms with Gasteiger partial charge in [0.25, 0.3) is 0 Å². The zero-order valence-electron chi connectivity index (χ0n) is 17.0. The van der Waals surface area contributed by atoms with Crippen LogP contribution in [0, 0.1) is 20.8 Å². The van der Waals surface area contributed by atoms with E-state index in [-0.39, 0.29) is 0 Å². The van der Waals surface area contributed by atoms with E-state index in [1.54, 1.807) is 20.4 Å². The maximum absolute atomic E-state index is 5.36. The summed E-state index contributed by atoms with van der Waals surface area (Å²) in [5.41, 5.74) is 5.69. The standard InChI is InChI=1S/C22H26N4O2/c1-14-10-15(2)21(16(3)11-14)26-22-23-9-8-20(25-22)24-13-17-6-7-18(27-4)19(12-17)28-5/h6-12H,13H2,1-5H3,(H2,23,24,25,26). The van der Waals surface area contributed by atoms with Gasteiger partial charge in [0.15, 0.2) is 11.5 Å². The maximum Gasteiger partial charge on any atom is 0.229 e. The van der Waals surface area contributed by atoms with E-state index in [1.807, 2.05) is 24.3 Å². The van der Waals surface area contributed by atoms with Crippen LogP contribution in [0.4, 0.5) is 17.5 Å². The van der Waals surface area contributed by atoms with E-state index in [0.29, 0.717) is 24.0 Å². The van der Waals surface area contributed by atoms with Crippen molar-refractivity contribution >= 4 is 17.5 Å². The number of hydrogen-bond donors (Lipinski definition) is 2. The lowest BCUT2D eigenvalue weighted by Gasteiger charge is -2.14. The summed E-state index contributed by atoms with van der Waals surface area (Å²) in [4.78, 5) is 8.92. The molecule has 0 spiro atoms. The summed E-state index contributed by atoms with van der Waals surface area (Å²) in [6.45, 7) is 6.88. The molecule has 0 saturated carbocycles. The van der Waals surface area contributed by atoms with Crippen molar-refractivity contribution in [1.82, 2.24) is 9.97 Å². The lowest BCUT2D eigenvalue weighted by Crippen LogP contribution is -2.05. The van der Waals surface area contributed by atoms with Crippen LogP contribution in [-0.2, 0) is 6.54 Å². The molecule has 0 fully saturated rings. The molecule has 2 aromatic carbocycles. The number of ether oxygens (including phenoxy) is 2. The van der Waals surface area contributed by atoms with Crippen molar-refractivity contribution in [2.24, 2.45) is 0 Å². The van der Waals surface area contributed by atoms with Gasteiger partial charge < -0.3 is 20.1 Å². The highest BCUT2D eigenvalue weighted by Gasteiger charge is 2.08. The van der Waals surface area contributed by atoms with E-state index in [1.165, 1.54) is 16.7 Å². The summed E-state index contributed by atoms with van der Waals surface area (Å²) in [6, 6.07) is 12.0. The van der Waals surface area contributed by atoms with Gasteiger partial charge in [-0.05, 0) is 55.7 Å². The summed E-state index contributed by atoms with van der Waals surface area (Å²) < 4.78 is 10.6. The third-order valence-corrected chi connectivity index (χ3v) is 4.49. The minimum atomic E-state index is 0.562. The second-order valence-electron chi connectivity index (χ2n) is 6.71. The molecule has 0 atom stereocenters. The highest BCUT2D eigenvalue weighted by atomic mass is 16.5. The van der Waals surface area contributed by atoms with Gasteiger partial charge in [0.05, 0.1) is 14.2 Å². The molecule has 6 nitrogen and oxygen atoms in total. The van der Waals surface area contributed by atoms with Crippen LogP contribution in [0.3, 0.4) is 0 Å². The van der Waals surface area contributed by atoms with E-state index >= 15 is 0 Å². The molecule has 1 aromatic heterocycles. The smallest absolute Gasteiger partial charge is 0.229 e. The van der Waals surface area contributed by atoms with Crippen molar-refractivity contribution in [3.63, 3.8) is 0 Å². The summed E-state index contributed by atoms with van der Waals surface area (Å²) in [5.74, 6) is 2.72. The SMILES string of the molecule is COc1ccc(CNc2ccnc(Nc3c(C)cc(C)cc3C)n2)cc1OC. The first-order valence-corrected chi connectivity index (χ1v) is 9.13. The largest absolute Gasteiger partial charge is 0.493 e. The van der Waals surface area contributed by atoms with Gasteiger partial charge >= 0.3 is 0 Å². The molecule has 0 unspecified atom stereocenters. The first-order valence-electron chi connectivity index (χ1n) is 9.13. The third kappa shape index (κ3) is 4.52. The van der Waals surface area contributed by atoms with Gasteiger partial charge in [-0.25, -0.2) is 4.98 Å². The number of nitrogens with zero attached hydrogens (tertiary/aromatic N) is 2. The Morgan fingerprint density at radius 3 is 2.29 bits per heavy atom. The lowest BCUT2D eigenvalue weighted by atomic mass is 10.1. The van der Waals surface area contributed by atoms with Crippen LogP contribution in [0.5, 0.6) is 11.5 Å². The Hall–Kier alpha value is -3.28. The van der Waals surface area contributed by atoms with Gasteiger partial charge in [0.2, 0.25) is 5.95 Å². The second kappa shape index (κ2) is 8.61. The van der Waals surface area contributed by atoms with Gasteiger partial charge in [-0.3, -0.25) is 0 Å². The predicted molar refractivity (Wildman–Crippen MR) is 113 cm³/mol. The highest BCUT2D eigenvalue weighted by Crippen LogP contribution is 2.28. The molecule has 3 rings (SSSR count). The number of methoxy groups -OCH3 is 2. The Kier molecular flexibility index (Phi) is 5.99. The van der Waals surface area contributed by atoms with E-state index in [4.69, 9.17) is 9.47 Å². The predicted octanol–water partition coefficient (Wildman–Crippen LogP) is 4.77. The van der Waals surface area contributed by atoms with Gasteiger partial charge in [-0.1, -0.05) is 23.8 Å². The van der Waals surface area contributed by atoms with Crippen molar-refractivity contribution in [1.29, 1.82) is 0 Å². The molecule has 0 amide bonds. The Morgan fingerprint density at radius 2 is 1.61 bits per heavy atom. The van der Waals surface area contributed by atoms with Crippen LogP contribution in [0.1, 0.15) is 22.3 Å². The first-order chi connectivity index (χ1) is 13.5. The molecular weight excluding hydrogens is 352 g/mol. The minimum Gasteiger partial charge on any atom is -0.493 e. The average molecular weight is 378 g/mol. The Morgan fingerprint density at radius 1 is 0.893 bits per heavy atom. The molecule has 1 heterocycles. The van der Waals surface area contributed by atoms with Gasteiger partial charge in [-0.15, -0.1) is 0 Å². The Labute approximate surface area is 166 Å². The Bertz CT molecular complexity index is 949. The van der Waals surface area contributed by atoms with Crippen LogP contribution < -0.4 is 20.1 Å². The average Bonchev–Trinajstić information content (AvgIpc) is 2.69.